The van der Waals surface area contributed by atoms with Gasteiger partial charge in [-0.1, -0.05) is 13.0 Å². The third-order valence-corrected chi connectivity index (χ3v) is 7.09. The summed E-state index contributed by atoms with van der Waals surface area (Å²) in [4.78, 5) is 26.7. The van der Waals surface area contributed by atoms with E-state index in [1.54, 1.807) is 17.7 Å². The molecule has 1 fully saturated rings. The van der Waals surface area contributed by atoms with Crippen LogP contribution in [0.5, 0.6) is 0 Å². The Hall–Kier alpha value is -1.99. The molecule has 1 aliphatic rings. The van der Waals surface area contributed by atoms with Gasteiger partial charge in [0, 0.05) is 18.0 Å². The van der Waals surface area contributed by atoms with E-state index in [1.807, 2.05) is 11.8 Å². The highest BCUT2D eigenvalue weighted by molar-refractivity contribution is 7.20. The van der Waals surface area contributed by atoms with Crippen LogP contribution in [0.3, 0.4) is 0 Å². The summed E-state index contributed by atoms with van der Waals surface area (Å²) in [6.07, 6.45) is 4.75. The molecule has 1 saturated heterocycles. The third kappa shape index (κ3) is 3.10. The summed E-state index contributed by atoms with van der Waals surface area (Å²) in [6.45, 7) is 5.90. The van der Waals surface area contributed by atoms with Crippen molar-refractivity contribution in [3.05, 3.63) is 39.2 Å². The fraction of sp³-hybridized carbons (Fsp3) is 0.421. The van der Waals surface area contributed by atoms with Crippen molar-refractivity contribution in [1.29, 1.82) is 0 Å². The molecule has 1 atom stereocenters. The van der Waals surface area contributed by atoms with Gasteiger partial charge >= 0.3 is 0 Å². The van der Waals surface area contributed by atoms with Gasteiger partial charge in [0.15, 0.2) is 0 Å². The van der Waals surface area contributed by atoms with Crippen molar-refractivity contribution in [2.75, 3.05) is 18.4 Å². The number of hydrogen-bond donors (Lipinski definition) is 1. The molecule has 1 aliphatic heterocycles. The van der Waals surface area contributed by atoms with Crippen LogP contribution in [0.4, 0.5) is 5.82 Å². The Kier molecular flexibility index (Phi) is 4.91. The van der Waals surface area contributed by atoms with Gasteiger partial charge in [-0.15, -0.1) is 22.7 Å². The Balaban J connectivity index is 1.71. The van der Waals surface area contributed by atoms with Gasteiger partial charge in [-0.25, -0.2) is 9.97 Å². The highest BCUT2D eigenvalue weighted by atomic mass is 32.1. The number of aromatic nitrogens is 2. The Morgan fingerprint density at radius 2 is 2.15 bits per heavy atom. The lowest BCUT2D eigenvalue weighted by atomic mass is 10.1. The largest absolute Gasteiger partial charge is 0.362 e. The molecule has 0 aliphatic carbocycles. The van der Waals surface area contributed by atoms with Crippen LogP contribution in [0.2, 0.25) is 0 Å². The second kappa shape index (κ2) is 7.32. The minimum absolute atomic E-state index is 0.138. The number of carbonyl (C=O) groups is 1. The fourth-order valence-electron chi connectivity index (χ4n) is 3.48. The molecule has 4 heterocycles. The van der Waals surface area contributed by atoms with Crippen molar-refractivity contribution in [1.82, 2.24) is 14.9 Å². The highest BCUT2D eigenvalue weighted by Gasteiger charge is 2.26. The molecule has 4 rings (SSSR count). The van der Waals surface area contributed by atoms with Crippen LogP contribution in [0, 0.1) is 6.92 Å². The number of anilines is 1. The average Bonchev–Trinajstić information content (AvgIpc) is 3.40. The number of nitrogens with one attached hydrogen (secondary N) is 1. The molecule has 7 heteroatoms. The van der Waals surface area contributed by atoms with Gasteiger partial charge in [0.1, 0.15) is 17.0 Å². The molecule has 26 heavy (non-hydrogen) atoms. The number of thiophene rings is 2. The fourth-order valence-corrected chi connectivity index (χ4v) is 5.46. The van der Waals surface area contributed by atoms with Crippen LogP contribution in [-0.2, 0) is 0 Å². The molecule has 0 bridgehead atoms. The second-order valence-electron chi connectivity index (χ2n) is 6.58. The molecular weight excluding hydrogens is 364 g/mol. The van der Waals surface area contributed by atoms with Crippen molar-refractivity contribution >= 4 is 44.6 Å². The number of carbonyl (C=O) groups excluding carboxylic acids is 1. The van der Waals surface area contributed by atoms with Crippen molar-refractivity contribution in [2.24, 2.45) is 0 Å². The zero-order valence-electron chi connectivity index (χ0n) is 15.0. The molecule has 0 saturated carbocycles. The molecule has 5 nitrogen and oxygen atoms in total. The summed E-state index contributed by atoms with van der Waals surface area (Å²) in [5.41, 5.74) is 0.992. The maximum Gasteiger partial charge on any atom is 0.264 e. The molecule has 0 spiro atoms. The lowest BCUT2D eigenvalue weighted by Crippen LogP contribution is -2.27. The Morgan fingerprint density at radius 3 is 2.85 bits per heavy atom. The number of aryl methyl sites for hydroxylation is 1. The zero-order valence-corrected chi connectivity index (χ0v) is 16.6. The van der Waals surface area contributed by atoms with Gasteiger partial charge in [0.05, 0.1) is 16.3 Å². The first-order valence-electron chi connectivity index (χ1n) is 9.02. The van der Waals surface area contributed by atoms with E-state index in [2.05, 4.69) is 39.7 Å². The Labute approximate surface area is 161 Å². The first-order chi connectivity index (χ1) is 12.7. The maximum absolute atomic E-state index is 12.9. The lowest BCUT2D eigenvalue weighted by molar-refractivity contribution is 0.0797. The molecule has 0 radical (unpaired) electrons. The molecule has 3 aromatic rings. The number of amides is 1. The van der Waals surface area contributed by atoms with E-state index in [4.69, 9.17) is 0 Å². The number of hydrogen-bond acceptors (Lipinski definition) is 6. The highest BCUT2D eigenvalue weighted by Crippen LogP contribution is 2.36. The normalized spacial score (nSPS) is 15.5. The summed E-state index contributed by atoms with van der Waals surface area (Å²) in [6, 6.07) is 4.43. The van der Waals surface area contributed by atoms with Crippen LogP contribution in [0.1, 0.15) is 52.3 Å². The lowest BCUT2D eigenvalue weighted by Gasteiger charge is -2.17. The van der Waals surface area contributed by atoms with Gasteiger partial charge in [0.2, 0.25) is 0 Å². The summed E-state index contributed by atoms with van der Waals surface area (Å²) in [5, 5.41) is 6.65. The Bertz CT molecular complexity index is 913. The minimum Gasteiger partial charge on any atom is -0.362 e. The minimum atomic E-state index is 0.138. The Morgan fingerprint density at radius 1 is 1.35 bits per heavy atom. The first kappa shape index (κ1) is 17.4. The molecule has 136 valence electrons. The molecule has 1 amide bonds. The second-order valence-corrected chi connectivity index (χ2v) is 8.56. The van der Waals surface area contributed by atoms with Gasteiger partial charge in [-0.2, -0.15) is 0 Å². The van der Waals surface area contributed by atoms with Crippen LogP contribution in [-0.4, -0.2) is 33.9 Å². The standard InChI is InChI=1S/C19H22N4OS2/c1-3-13(14-7-6-10-25-14)22-17-15-12(2)16(26-18(15)21-11-20-17)19(24)23-8-4-5-9-23/h6-7,10-11,13H,3-5,8-9H2,1-2H3,(H,20,21,22). The predicted octanol–water partition coefficient (Wildman–Crippen LogP) is 4.86. The van der Waals surface area contributed by atoms with Gasteiger partial charge < -0.3 is 10.2 Å². The molecule has 0 aromatic carbocycles. The SMILES string of the molecule is CCC(Nc1ncnc2sc(C(=O)N3CCCC3)c(C)c12)c1cccs1. The van der Waals surface area contributed by atoms with Crippen LogP contribution in [0.25, 0.3) is 10.2 Å². The summed E-state index contributed by atoms with van der Waals surface area (Å²) < 4.78 is 0. The summed E-state index contributed by atoms with van der Waals surface area (Å²) in [5.74, 6) is 0.962. The number of likely N-dealkylation sites (tertiary alicyclic amines) is 1. The van der Waals surface area contributed by atoms with E-state index < -0.39 is 0 Å². The number of rotatable bonds is 5. The van der Waals surface area contributed by atoms with Crippen molar-refractivity contribution < 1.29 is 4.79 Å². The smallest absolute Gasteiger partial charge is 0.264 e. The van der Waals surface area contributed by atoms with E-state index in [0.717, 1.165) is 58.8 Å². The van der Waals surface area contributed by atoms with Crippen LogP contribution in [0.15, 0.2) is 23.8 Å². The number of nitrogens with zero attached hydrogens (tertiary/aromatic N) is 3. The van der Waals surface area contributed by atoms with Crippen molar-refractivity contribution in [2.45, 2.75) is 39.2 Å². The maximum atomic E-state index is 12.9. The molecule has 3 aromatic heterocycles. The van der Waals surface area contributed by atoms with Crippen molar-refractivity contribution in [3.8, 4) is 0 Å². The van der Waals surface area contributed by atoms with E-state index in [9.17, 15) is 4.79 Å². The topological polar surface area (TPSA) is 58.1 Å². The van der Waals surface area contributed by atoms with Gasteiger partial charge in [-0.3, -0.25) is 4.79 Å². The van der Waals surface area contributed by atoms with E-state index in [1.165, 1.54) is 16.2 Å². The van der Waals surface area contributed by atoms with Crippen LogP contribution < -0.4 is 5.32 Å². The van der Waals surface area contributed by atoms with Crippen molar-refractivity contribution in [3.63, 3.8) is 0 Å². The van der Waals surface area contributed by atoms with Gasteiger partial charge in [-0.05, 0) is 43.2 Å². The quantitative estimate of drug-likeness (QED) is 0.680. The van der Waals surface area contributed by atoms with E-state index >= 15 is 0 Å². The molecule has 1 N–H and O–H groups in total. The predicted molar refractivity (Wildman–Crippen MR) is 108 cm³/mol. The summed E-state index contributed by atoms with van der Waals surface area (Å²) >= 11 is 3.23. The average molecular weight is 387 g/mol. The van der Waals surface area contributed by atoms with Gasteiger partial charge in [0.25, 0.3) is 5.91 Å². The first-order valence-corrected chi connectivity index (χ1v) is 10.7. The summed E-state index contributed by atoms with van der Waals surface area (Å²) in [7, 11) is 0. The molecular formula is C19H22N4OS2. The van der Waals surface area contributed by atoms with E-state index in [-0.39, 0.29) is 11.9 Å². The third-order valence-electron chi connectivity index (χ3n) is 4.92. The monoisotopic (exact) mass is 386 g/mol. The van der Waals surface area contributed by atoms with E-state index in [0.29, 0.717) is 0 Å². The van der Waals surface area contributed by atoms with Crippen LogP contribution >= 0.6 is 22.7 Å². The number of fused-ring (bicyclic) bond motifs is 1. The molecule has 1 unspecified atom stereocenters. The zero-order chi connectivity index (χ0) is 18.1.